The first-order chi connectivity index (χ1) is 11.2. The van der Waals surface area contributed by atoms with E-state index in [0.717, 1.165) is 12.1 Å². The molecule has 0 aromatic heterocycles. The van der Waals surface area contributed by atoms with Crippen LogP contribution in [0.1, 0.15) is 43.2 Å². The van der Waals surface area contributed by atoms with Gasteiger partial charge in [0.2, 0.25) is 5.91 Å². The SMILES string of the molecule is C[C@H](CC(=O)N1CCC[C@H](C(=O)O)C1)c1ccc(C(F)(F)F)cc1. The molecule has 0 aliphatic carbocycles. The number of hydrogen-bond donors (Lipinski definition) is 1. The maximum atomic E-state index is 12.6. The van der Waals surface area contributed by atoms with Crippen molar-refractivity contribution in [2.45, 2.75) is 38.3 Å². The summed E-state index contributed by atoms with van der Waals surface area (Å²) in [5, 5.41) is 9.06. The van der Waals surface area contributed by atoms with Crippen molar-refractivity contribution in [1.29, 1.82) is 0 Å². The number of amides is 1. The second-order valence-corrected chi connectivity index (χ2v) is 6.24. The average molecular weight is 343 g/mol. The zero-order valence-electron chi connectivity index (χ0n) is 13.3. The Bertz CT molecular complexity index is 598. The first kappa shape index (κ1) is 18.3. The number of halogens is 3. The van der Waals surface area contributed by atoms with Gasteiger partial charge in [-0.25, -0.2) is 0 Å². The Morgan fingerprint density at radius 1 is 1.29 bits per heavy atom. The number of benzene rings is 1. The smallest absolute Gasteiger partial charge is 0.416 e. The number of likely N-dealkylation sites (tertiary alicyclic amines) is 1. The van der Waals surface area contributed by atoms with Crippen LogP contribution in [0.25, 0.3) is 0 Å². The highest BCUT2D eigenvalue weighted by molar-refractivity contribution is 5.78. The summed E-state index contributed by atoms with van der Waals surface area (Å²) in [6.45, 7) is 2.51. The molecule has 1 fully saturated rings. The van der Waals surface area contributed by atoms with Crippen LogP contribution in [-0.4, -0.2) is 35.0 Å². The minimum atomic E-state index is -4.38. The number of alkyl halides is 3. The third kappa shape index (κ3) is 4.49. The van der Waals surface area contributed by atoms with Gasteiger partial charge in [-0.3, -0.25) is 9.59 Å². The molecule has 4 nitrogen and oxygen atoms in total. The van der Waals surface area contributed by atoms with Crippen LogP contribution in [0, 0.1) is 5.92 Å². The van der Waals surface area contributed by atoms with Crippen LogP contribution < -0.4 is 0 Å². The van der Waals surface area contributed by atoms with E-state index in [2.05, 4.69) is 0 Å². The van der Waals surface area contributed by atoms with Gasteiger partial charge in [-0.2, -0.15) is 13.2 Å². The summed E-state index contributed by atoms with van der Waals surface area (Å²) >= 11 is 0. The number of aliphatic carboxylic acids is 1. The number of carboxylic acids is 1. The molecule has 1 N–H and O–H groups in total. The molecular weight excluding hydrogens is 323 g/mol. The lowest BCUT2D eigenvalue weighted by atomic mass is 9.94. The van der Waals surface area contributed by atoms with Gasteiger partial charge in [0, 0.05) is 19.5 Å². The molecule has 132 valence electrons. The number of carbonyl (C=O) groups is 2. The topological polar surface area (TPSA) is 57.6 Å². The van der Waals surface area contributed by atoms with E-state index in [-0.39, 0.29) is 24.8 Å². The van der Waals surface area contributed by atoms with Gasteiger partial charge in [-0.1, -0.05) is 19.1 Å². The lowest BCUT2D eigenvalue weighted by Crippen LogP contribution is -2.42. The molecule has 1 aromatic carbocycles. The number of hydrogen-bond acceptors (Lipinski definition) is 2. The summed E-state index contributed by atoms with van der Waals surface area (Å²) in [6, 6.07) is 4.80. The van der Waals surface area contributed by atoms with Crippen LogP contribution >= 0.6 is 0 Å². The summed E-state index contributed by atoms with van der Waals surface area (Å²) < 4.78 is 37.7. The molecule has 7 heteroatoms. The highest BCUT2D eigenvalue weighted by Gasteiger charge is 2.31. The van der Waals surface area contributed by atoms with Gasteiger partial charge in [0.1, 0.15) is 0 Å². The highest BCUT2D eigenvalue weighted by atomic mass is 19.4. The van der Waals surface area contributed by atoms with Crippen LogP contribution in [0.5, 0.6) is 0 Å². The number of rotatable bonds is 4. The Balaban J connectivity index is 1.97. The Labute approximate surface area is 138 Å². The van der Waals surface area contributed by atoms with E-state index in [4.69, 9.17) is 5.11 Å². The van der Waals surface area contributed by atoms with Gasteiger partial charge < -0.3 is 10.0 Å². The Hall–Kier alpha value is -2.05. The summed E-state index contributed by atoms with van der Waals surface area (Å²) in [6.07, 6.45) is -3.01. The lowest BCUT2D eigenvalue weighted by Gasteiger charge is -2.31. The lowest BCUT2D eigenvalue weighted by molar-refractivity contribution is -0.145. The predicted molar refractivity (Wildman–Crippen MR) is 81.4 cm³/mol. The normalized spacial score (nSPS) is 19.8. The molecule has 1 heterocycles. The van der Waals surface area contributed by atoms with E-state index >= 15 is 0 Å². The fourth-order valence-electron chi connectivity index (χ4n) is 2.91. The zero-order chi connectivity index (χ0) is 17.9. The standard InChI is InChI=1S/C17H20F3NO3/c1-11(12-4-6-14(7-5-12)17(18,19)20)9-15(22)21-8-2-3-13(10-21)16(23)24/h4-7,11,13H,2-3,8-10H2,1H3,(H,23,24)/t11-,13+/m1/s1. The van der Waals surface area contributed by atoms with E-state index in [1.54, 1.807) is 11.8 Å². The molecule has 24 heavy (non-hydrogen) atoms. The second kappa shape index (κ2) is 7.23. The first-order valence-corrected chi connectivity index (χ1v) is 7.86. The summed E-state index contributed by atoms with van der Waals surface area (Å²) in [5.74, 6) is -1.83. The number of carbonyl (C=O) groups excluding carboxylic acids is 1. The van der Waals surface area contributed by atoms with E-state index < -0.39 is 23.6 Å². The maximum absolute atomic E-state index is 12.6. The molecular formula is C17H20F3NO3. The quantitative estimate of drug-likeness (QED) is 0.910. The van der Waals surface area contributed by atoms with Crippen molar-refractivity contribution >= 4 is 11.9 Å². The first-order valence-electron chi connectivity index (χ1n) is 7.86. The van der Waals surface area contributed by atoms with Crippen molar-refractivity contribution in [3.8, 4) is 0 Å². The van der Waals surface area contributed by atoms with Crippen molar-refractivity contribution in [3.05, 3.63) is 35.4 Å². The molecule has 0 radical (unpaired) electrons. The number of carboxylic acid groups (broad SMARTS) is 1. The van der Waals surface area contributed by atoms with Crippen molar-refractivity contribution in [2.75, 3.05) is 13.1 Å². The minimum absolute atomic E-state index is 0.150. The Morgan fingerprint density at radius 3 is 2.46 bits per heavy atom. The fraction of sp³-hybridized carbons (Fsp3) is 0.529. The molecule has 2 atom stereocenters. The van der Waals surface area contributed by atoms with Crippen molar-refractivity contribution < 1.29 is 27.9 Å². The second-order valence-electron chi connectivity index (χ2n) is 6.24. The maximum Gasteiger partial charge on any atom is 0.416 e. The molecule has 1 aliphatic rings. The van der Waals surface area contributed by atoms with Crippen LogP contribution in [0.15, 0.2) is 24.3 Å². The number of nitrogens with zero attached hydrogens (tertiary/aromatic N) is 1. The van der Waals surface area contributed by atoms with Gasteiger partial charge in [0.15, 0.2) is 0 Å². The molecule has 2 rings (SSSR count). The Morgan fingerprint density at radius 2 is 1.92 bits per heavy atom. The van der Waals surface area contributed by atoms with E-state index in [1.807, 2.05) is 0 Å². The zero-order valence-corrected chi connectivity index (χ0v) is 13.3. The van der Waals surface area contributed by atoms with E-state index in [9.17, 15) is 22.8 Å². The van der Waals surface area contributed by atoms with Crippen LogP contribution in [0.3, 0.4) is 0 Å². The number of piperidine rings is 1. The van der Waals surface area contributed by atoms with Gasteiger partial charge in [-0.15, -0.1) is 0 Å². The molecule has 0 unspecified atom stereocenters. The molecule has 0 saturated carbocycles. The highest BCUT2D eigenvalue weighted by Crippen LogP contribution is 2.31. The predicted octanol–water partition coefficient (Wildman–Crippen LogP) is 3.52. The summed E-state index contributed by atoms with van der Waals surface area (Å²) in [7, 11) is 0. The van der Waals surface area contributed by atoms with Crippen LogP contribution in [-0.2, 0) is 15.8 Å². The third-order valence-electron chi connectivity index (χ3n) is 4.41. The van der Waals surface area contributed by atoms with Crippen molar-refractivity contribution in [1.82, 2.24) is 4.90 Å². The van der Waals surface area contributed by atoms with E-state index in [0.29, 0.717) is 24.9 Å². The largest absolute Gasteiger partial charge is 0.481 e. The van der Waals surface area contributed by atoms with Gasteiger partial charge >= 0.3 is 12.1 Å². The van der Waals surface area contributed by atoms with Gasteiger partial charge in [0.05, 0.1) is 11.5 Å². The molecule has 1 amide bonds. The molecule has 0 spiro atoms. The minimum Gasteiger partial charge on any atom is -0.481 e. The fourth-order valence-corrected chi connectivity index (χ4v) is 2.91. The average Bonchev–Trinajstić information content (AvgIpc) is 2.54. The monoisotopic (exact) mass is 343 g/mol. The van der Waals surface area contributed by atoms with Crippen molar-refractivity contribution in [2.24, 2.45) is 5.92 Å². The summed E-state index contributed by atoms with van der Waals surface area (Å²) in [5.41, 5.74) is -0.0618. The van der Waals surface area contributed by atoms with Crippen LogP contribution in [0.2, 0.25) is 0 Å². The molecule has 0 bridgehead atoms. The van der Waals surface area contributed by atoms with Gasteiger partial charge in [-0.05, 0) is 36.5 Å². The van der Waals surface area contributed by atoms with Crippen LogP contribution in [0.4, 0.5) is 13.2 Å². The Kier molecular flexibility index (Phi) is 5.51. The van der Waals surface area contributed by atoms with E-state index in [1.165, 1.54) is 12.1 Å². The van der Waals surface area contributed by atoms with Gasteiger partial charge in [0.25, 0.3) is 0 Å². The molecule has 1 aliphatic heterocycles. The third-order valence-corrected chi connectivity index (χ3v) is 4.41. The molecule has 1 aromatic rings. The van der Waals surface area contributed by atoms with Crippen molar-refractivity contribution in [3.63, 3.8) is 0 Å². The molecule has 1 saturated heterocycles. The summed E-state index contributed by atoms with van der Waals surface area (Å²) in [4.78, 5) is 24.9.